The van der Waals surface area contributed by atoms with Crippen molar-refractivity contribution >= 4 is 21.9 Å². The predicted molar refractivity (Wildman–Crippen MR) is 98.5 cm³/mol. The summed E-state index contributed by atoms with van der Waals surface area (Å²) in [5.41, 5.74) is 1.49. The molecule has 0 spiro atoms. The molecule has 126 valence electrons. The van der Waals surface area contributed by atoms with E-state index < -0.39 is 0 Å². The Morgan fingerprint density at radius 1 is 1.16 bits per heavy atom. The van der Waals surface area contributed by atoms with Crippen LogP contribution in [0.25, 0.3) is 21.9 Å². The third kappa shape index (κ3) is 2.94. The number of nitrogens with one attached hydrogen (secondary N) is 1. The summed E-state index contributed by atoms with van der Waals surface area (Å²) in [5, 5.41) is 1.70. The number of aromatic nitrogens is 2. The van der Waals surface area contributed by atoms with Gasteiger partial charge in [0, 0.05) is 5.39 Å². The average Bonchev–Trinajstić information content (AvgIpc) is 3.05. The van der Waals surface area contributed by atoms with Gasteiger partial charge in [0.25, 0.3) is 5.56 Å². The molecule has 1 atom stereocenters. The summed E-state index contributed by atoms with van der Waals surface area (Å²) >= 11 is 0. The fourth-order valence-corrected chi connectivity index (χ4v) is 3.01. The minimum Gasteiger partial charge on any atom is -0.459 e. The normalized spacial score (nSPS) is 12.9. The van der Waals surface area contributed by atoms with Crippen LogP contribution in [-0.2, 0) is 6.54 Å². The monoisotopic (exact) mass is 333 g/mol. The number of nitrogens with zero attached hydrogens (tertiary/aromatic N) is 2. The van der Waals surface area contributed by atoms with Crippen LogP contribution in [0.4, 0.5) is 0 Å². The van der Waals surface area contributed by atoms with Crippen LogP contribution in [0.1, 0.15) is 24.6 Å². The molecule has 4 aromatic rings. The van der Waals surface area contributed by atoms with Crippen molar-refractivity contribution in [3.05, 3.63) is 76.5 Å². The Labute approximate surface area is 144 Å². The number of para-hydroxylation sites is 2. The molecule has 2 aromatic heterocycles. The van der Waals surface area contributed by atoms with Crippen LogP contribution >= 0.6 is 0 Å². The van der Waals surface area contributed by atoms with Crippen LogP contribution in [0.2, 0.25) is 0 Å². The van der Waals surface area contributed by atoms with E-state index in [2.05, 4.69) is 27.9 Å². The van der Waals surface area contributed by atoms with Gasteiger partial charge in [-0.2, -0.15) is 0 Å². The predicted octanol–water partition coefficient (Wildman–Crippen LogP) is 3.86. The summed E-state index contributed by atoms with van der Waals surface area (Å²) in [6.45, 7) is 2.61. The van der Waals surface area contributed by atoms with Crippen molar-refractivity contribution in [3.63, 3.8) is 0 Å². The first-order valence-electron chi connectivity index (χ1n) is 8.28. The zero-order chi connectivity index (χ0) is 17.4. The molecule has 5 heteroatoms. The first-order chi connectivity index (χ1) is 12.1. The van der Waals surface area contributed by atoms with E-state index in [1.165, 1.54) is 0 Å². The number of furan rings is 1. The molecule has 25 heavy (non-hydrogen) atoms. The minimum atomic E-state index is -0.106. The molecule has 0 aliphatic heterocycles. The molecule has 5 nitrogen and oxygen atoms in total. The first kappa shape index (κ1) is 15.6. The van der Waals surface area contributed by atoms with Crippen LogP contribution in [0.15, 0.2) is 63.8 Å². The van der Waals surface area contributed by atoms with E-state index in [-0.39, 0.29) is 11.6 Å². The molecule has 2 aromatic carbocycles. The summed E-state index contributed by atoms with van der Waals surface area (Å²) in [6.07, 6.45) is 0. The molecule has 4 rings (SSSR count). The van der Waals surface area contributed by atoms with Crippen LogP contribution in [0.3, 0.4) is 0 Å². The van der Waals surface area contributed by atoms with Gasteiger partial charge in [0.2, 0.25) is 0 Å². The molecule has 0 bridgehead atoms. The Morgan fingerprint density at radius 3 is 2.76 bits per heavy atom. The zero-order valence-electron chi connectivity index (χ0n) is 14.2. The van der Waals surface area contributed by atoms with E-state index in [1.807, 2.05) is 49.5 Å². The molecule has 2 heterocycles. The zero-order valence-corrected chi connectivity index (χ0v) is 14.2. The van der Waals surface area contributed by atoms with E-state index in [4.69, 9.17) is 4.42 Å². The summed E-state index contributed by atoms with van der Waals surface area (Å²) < 4.78 is 5.95. The third-order valence-electron chi connectivity index (χ3n) is 4.58. The van der Waals surface area contributed by atoms with Gasteiger partial charge in [0.15, 0.2) is 0 Å². The second kappa shape index (κ2) is 6.18. The highest BCUT2D eigenvalue weighted by Gasteiger charge is 2.17. The van der Waals surface area contributed by atoms with E-state index in [9.17, 15) is 4.79 Å². The number of fused-ring (bicyclic) bond motifs is 2. The number of hydrogen-bond acceptors (Lipinski definition) is 4. The van der Waals surface area contributed by atoms with Gasteiger partial charge in [-0.15, -0.1) is 0 Å². The molecule has 0 radical (unpaired) electrons. The van der Waals surface area contributed by atoms with Gasteiger partial charge in [-0.1, -0.05) is 30.3 Å². The lowest BCUT2D eigenvalue weighted by molar-refractivity contribution is 0.221. The molecule has 1 N–H and O–H groups in total. The van der Waals surface area contributed by atoms with Crippen molar-refractivity contribution in [1.29, 1.82) is 0 Å². The van der Waals surface area contributed by atoms with Gasteiger partial charge in [0.1, 0.15) is 17.2 Å². The third-order valence-corrected chi connectivity index (χ3v) is 4.58. The van der Waals surface area contributed by atoms with Crippen LogP contribution in [0.5, 0.6) is 0 Å². The molecular formula is C20H19N3O2. The molecule has 0 saturated carbocycles. The van der Waals surface area contributed by atoms with Gasteiger partial charge < -0.3 is 9.40 Å². The maximum atomic E-state index is 12.2. The Hall–Kier alpha value is -2.92. The lowest BCUT2D eigenvalue weighted by Gasteiger charge is -2.22. The number of hydrogen-bond donors (Lipinski definition) is 1. The standard InChI is InChI=1S/C20H19N3O2/c1-13(18-11-14-7-3-6-10-17(14)25-18)23(2)12-19-21-16-9-5-4-8-15(16)20(24)22-19/h3-11,13H,12H2,1-2H3,(H,21,22,24). The van der Waals surface area contributed by atoms with Crippen molar-refractivity contribution in [3.8, 4) is 0 Å². The minimum absolute atomic E-state index is 0.0594. The van der Waals surface area contributed by atoms with Crippen molar-refractivity contribution in [2.75, 3.05) is 7.05 Å². The smallest absolute Gasteiger partial charge is 0.258 e. The molecular weight excluding hydrogens is 314 g/mol. The summed E-state index contributed by atoms with van der Waals surface area (Å²) in [6, 6.07) is 17.5. The molecule has 0 amide bonds. The molecule has 0 aliphatic carbocycles. The van der Waals surface area contributed by atoms with Gasteiger partial charge in [-0.3, -0.25) is 9.69 Å². The highest BCUT2D eigenvalue weighted by molar-refractivity contribution is 5.78. The second-order valence-corrected chi connectivity index (χ2v) is 6.31. The molecule has 1 unspecified atom stereocenters. The second-order valence-electron chi connectivity index (χ2n) is 6.31. The van der Waals surface area contributed by atoms with Gasteiger partial charge in [-0.25, -0.2) is 4.98 Å². The quantitative estimate of drug-likeness (QED) is 0.616. The van der Waals surface area contributed by atoms with E-state index in [0.29, 0.717) is 23.3 Å². The van der Waals surface area contributed by atoms with Crippen LogP contribution in [0, 0.1) is 0 Å². The number of rotatable bonds is 4. The number of H-pyrrole nitrogens is 1. The lowest BCUT2D eigenvalue weighted by Crippen LogP contribution is -2.24. The van der Waals surface area contributed by atoms with Gasteiger partial charge >= 0.3 is 0 Å². The highest BCUT2D eigenvalue weighted by atomic mass is 16.3. The first-order valence-corrected chi connectivity index (χ1v) is 8.28. The molecule has 0 aliphatic rings. The Morgan fingerprint density at radius 2 is 1.92 bits per heavy atom. The SMILES string of the molecule is CC(c1cc2ccccc2o1)N(C)Cc1nc2ccccc2c(=O)[nH]1. The Balaban J connectivity index is 1.60. The molecule has 0 fully saturated rings. The van der Waals surface area contributed by atoms with E-state index in [0.717, 1.165) is 16.7 Å². The topological polar surface area (TPSA) is 62.1 Å². The van der Waals surface area contributed by atoms with E-state index in [1.54, 1.807) is 6.07 Å². The van der Waals surface area contributed by atoms with Gasteiger partial charge in [0.05, 0.1) is 23.5 Å². The Kier molecular flexibility index (Phi) is 3.86. The summed E-state index contributed by atoms with van der Waals surface area (Å²) in [7, 11) is 1.99. The molecule has 0 saturated heterocycles. The maximum Gasteiger partial charge on any atom is 0.258 e. The average molecular weight is 333 g/mol. The van der Waals surface area contributed by atoms with Gasteiger partial charge in [-0.05, 0) is 38.2 Å². The van der Waals surface area contributed by atoms with Crippen molar-refractivity contribution in [2.24, 2.45) is 0 Å². The van der Waals surface area contributed by atoms with Crippen molar-refractivity contribution in [1.82, 2.24) is 14.9 Å². The number of benzene rings is 2. The fourth-order valence-electron chi connectivity index (χ4n) is 3.01. The fraction of sp³-hybridized carbons (Fsp3) is 0.200. The number of aromatic amines is 1. The van der Waals surface area contributed by atoms with Crippen molar-refractivity contribution in [2.45, 2.75) is 19.5 Å². The van der Waals surface area contributed by atoms with Crippen molar-refractivity contribution < 1.29 is 4.42 Å². The lowest BCUT2D eigenvalue weighted by atomic mass is 10.2. The summed E-state index contributed by atoms with van der Waals surface area (Å²) in [4.78, 5) is 21.7. The summed E-state index contributed by atoms with van der Waals surface area (Å²) in [5.74, 6) is 1.54. The largest absolute Gasteiger partial charge is 0.459 e. The Bertz CT molecular complexity index is 1060. The van der Waals surface area contributed by atoms with E-state index >= 15 is 0 Å². The highest BCUT2D eigenvalue weighted by Crippen LogP contribution is 2.27. The maximum absolute atomic E-state index is 12.2. The van der Waals surface area contributed by atoms with Crippen LogP contribution < -0.4 is 5.56 Å². The van der Waals surface area contributed by atoms with Crippen LogP contribution in [-0.4, -0.2) is 21.9 Å².